The van der Waals surface area contributed by atoms with Crippen molar-refractivity contribution in [1.29, 1.82) is 0 Å². The molecule has 27 heavy (non-hydrogen) atoms. The van der Waals surface area contributed by atoms with Gasteiger partial charge < -0.3 is 10.2 Å². The zero-order chi connectivity index (χ0) is 19.0. The first-order valence-corrected chi connectivity index (χ1v) is 10.4. The van der Waals surface area contributed by atoms with E-state index in [0.29, 0.717) is 37.4 Å². The average molecular weight is 372 g/mol. The van der Waals surface area contributed by atoms with Crippen LogP contribution in [0.5, 0.6) is 0 Å². The maximum absolute atomic E-state index is 13.0. The van der Waals surface area contributed by atoms with Crippen molar-refractivity contribution in [3.63, 3.8) is 0 Å². The zero-order valence-corrected chi connectivity index (χ0v) is 16.0. The largest absolute Gasteiger partial charge is 0.353 e. The molecule has 0 unspecified atom stereocenters. The van der Waals surface area contributed by atoms with Crippen LogP contribution in [0.3, 0.4) is 0 Å². The van der Waals surface area contributed by atoms with Gasteiger partial charge in [-0.25, -0.2) is 4.39 Å². The van der Waals surface area contributed by atoms with E-state index < -0.39 is 0 Å². The molecule has 1 aromatic rings. The number of carbonyl (C=O) groups excluding carboxylic acids is 2. The molecule has 4 nitrogen and oxygen atoms in total. The lowest BCUT2D eigenvalue weighted by molar-refractivity contribution is -0.127. The van der Waals surface area contributed by atoms with Gasteiger partial charge in [-0.05, 0) is 81.0 Å². The second-order valence-electron chi connectivity index (χ2n) is 8.71. The first-order valence-electron chi connectivity index (χ1n) is 10.4. The van der Waals surface area contributed by atoms with Crippen LogP contribution in [0.1, 0.15) is 55.8 Å². The number of carbonyl (C=O) groups is 2. The number of likely N-dealkylation sites (tertiary alicyclic amines) is 1. The van der Waals surface area contributed by atoms with E-state index in [4.69, 9.17) is 0 Å². The molecule has 2 amide bonds. The quantitative estimate of drug-likeness (QED) is 0.878. The van der Waals surface area contributed by atoms with E-state index in [9.17, 15) is 14.0 Å². The molecule has 1 saturated heterocycles. The minimum atomic E-state index is -0.341. The van der Waals surface area contributed by atoms with Gasteiger partial charge in [-0.3, -0.25) is 9.59 Å². The molecule has 1 aliphatic heterocycles. The summed E-state index contributed by atoms with van der Waals surface area (Å²) in [5.74, 6) is 2.06. The van der Waals surface area contributed by atoms with Crippen molar-refractivity contribution in [2.45, 2.75) is 51.5 Å². The number of rotatable bonds is 4. The molecular weight excluding hydrogens is 343 g/mol. The highest BCUT2D eigenvalue weighted by molar-refractivity contribution is 5.94. The van der Waals surface area contributed by atoms with Crippen LogP contribution in [-0.4, -0.2) is 35.8 Å². The van der Waals surface area contributed by atoms with Crippen molar-refractivity contribution in [2.75, 3.05) is 13.1 Å². The summed E-state index contributed by atoms with van der Waals surface area (Å²) >= 11 is 0. The maximum Gasteiger partial charge on any atom is 0.253 e. The molecule has 3 aliphatic rings. The van der Waals surface area contributed by atoms with E-state index in [2.05, 4.69) is 12.2 Å². The number of piperidine rings is 1. The highest BCUT2D eigenvalue weighted by Gasteiger charge is 2.42. The minimum Gasteiger partial charge on any atom is -0.353 e. The van der Waals surface area contributed by atoms with Gasteiger partial charge in [0.1, 0.15) is 5.82 Å². The summed E-state index contributed by atoms with van der Waals surface area (Å²) in [6, 6.07) is 5.92. The first-order chi connectivity index (χ1) is 13.0. The van der Waals surface area contributed by atoms with Crippen molar-refractivity contribution in [3.05, 3.63) is 35.6 Å². The van der Waals surface area contributed by atoms with Crippen LogP contribution in [0, 0.1) is 29.5 Å². The van der Waals surface area contributed by atoms with Crippen molar-refractivity contribution >= 4 is 11.8 Å². The van der Waals surface area contributed by atoms with Crippen molar-refractivity contribution in [3.8, 4) is 0 Å². The molecule has 0 spiro atoms. The maximum atomic E-state index is 13.0. The minimum absolute atomic E-state index is 0.0108. The number of benzene rings is 1. The molecule has 4 atom stereocenters. The van der Waals surface area contributed by atoms with Gasteiger partial charge in [-0.2, -0.15) is 0 Å². The van der Waals surface area contributed by atoms with Gasteiger partial charge in [0, 0.05) is 30.6 Å². The van der Waals surface area contributed by atoms with E-state index in [1.165, 1.54) is 49.9 Å². The van der Waals surface area contributed by atoms with E-state index in [0.717, 1.165) is 11.8 Å². The van der Waals surface area contributed by atoms with Crippen LogP contribution in [0.15, 0.2) is 24.3 Å². The molecule has 1 aromatic carbocycles. The highest BCUT2D eigenvalue weighted by Crippen LogP contribution is 2.49. The lowest BCUT2D eigenvalue weighted by atomic mass is 9.83. The van der Waals surface area contributed by atoms with Gasteiger partial charge in [-0.15, -0.1) is 0 Å². The molecule has 2 aliphatic carbocycles. The van der Waals surface area contributed by atoms with E-state index in [-0.39, 0.29) is 29.6 Å². The van der Waals surface area contributed by atoms with Gasteiger partial charge in [0.25, 0.3) is 5.91 Å². The number of nitrogens with zero attached hydrogens (tertiary/aromatic N) is 1. The Bertz CT molecular complexity index is 697. The Morgan fingerprint density at radius 2 is 1.78 bits per heavy atom. The van der Waals surface area contributed by atoms with Crippen molar-refractivity contribution in [1.82, 2.24) is 10.2 Å². The fourth-order valence-corrected chi connectivity index (χ4v) is 5.48. The van der Waals surface area contributed by atoms with Crippen LogP contribution in [0.4, 0.5) is 4.39 Å². The summed E-state index contributed by atoms with van der Waals surface area (Å²) in [6.45, 7) is 3.32. The fourth-order valence-electron chi connectivity index (χ4n) is 5.48. The molecule has 0 aromatic heterocycles. The summed E-state index contributed by atoms with van der Waals surface area (Å²) in [7, 11) is 0. The summed E-state index contributed by atoms with van der Waals surface area (Å²) < 4.78 is 13.0. The Morgan fingerprint density at radius 1 is 1.07 bits per heavy atom. The van der Waals surface area contributed by atoms with Gasteiger partial charge in [0.15, 0.2) is 0 Å². The highest BCUT2D eigenvalue weighted by atomic mass is 19.1. The van der Waals surface area contributed by atoms with Gasteiger partial charge in [-0.1, -0.05) is 6.42 Å². The Labute approximate surface area is 160 Å². The van der Waals surface area contributed by atoms with Crippen LogP contribution < -0.4 is 5.32 Å². The second kappa shape index (κ2) is 7.61. The molecular formula is C22H29FN2O2. The van der Waals surface area contributed by atoms with Crippen LogP contribution in [0.2, 0.25) is 0 Å². The molecule has 1 N–H and O–H groups in total. The Balaban J connectivity index is 1.26. The van der Waals surface area contributed by atoms with E-state index >= 15 is 0 Å². The summed E-state index contributed by atoms with van der Waals surface area (Å²) in [5.41, 5.74) is 0.504. The predicted molar refractivity (Wildman–Crippen MR) is 102 cm³/mol. The Kier molecular flexibility index (Phi) is 5.20. The molecule has 4 rings (SSSR count). The number of hydrogen-bond donors (Lipinski definition) is 1. The summed E-state index contributed by atoms with van der Waals surface area (Å²) in [4.78, 5) is 27.0. The third-order valence-electron chi connectivity index (χ3n) is 7.05. The number of hydrogen-bond acceptors (Lipinski definition) is 2. The SMILES string of the molecule is C[C@H](NC(=O)C1CCN(C(=O)c2ccc(F)cc2)CC1)[C@H]1C[C@H]2CC[C@H]1C2. The lowest BCUT2D eigenvalue weighted by Gasteiger charge is -2.34. The number of halogens is 1. The van der Waals surface area contributed by atoms with E-state index in [1.54, 1.807) is 4.90 Å². The topological polar surface area (TPSA) is 49.4 Å². The molecule has 1 heterocycles. The summed E-state index contributed by atoms with van der Waals surface area (Å²) in [5, 5.41) is 3.27. The first kappa shape index (κ1) is 18.5. The molecule has 2 saturated carbocycles. The van der Waals surface area contributed by atoms with Gasteiger partial charge in [0.2, 0.25) is 5.91 Å². The molecule has 0 radical (unpaired) electrons. The predicted octanol–water partition coefficient (Wildman–Crippen LogP) is 3.62. The number of fused-ring (bicyclic) bond motifs is 2. The van der Waals surface area contributed by atoms with Gasteiger partial charge in [0.05, 0.1) is 0 Å². The Hall–Kier alpha value is -1.91. The van der Waals surface area contributed by atoms with Crippen molar-refractivity contribution < 1.29 is 14.0 Å². The average Bonchev–Trinajstić information content (AvgIpc) is 3.32. The monoisotopic (exact) mass is 372 g/mol. The van der Waals surface area contributed by atoms with E-state index in [1.807, 2.05) is 0 Å². The molecule has 5 heteroatoms. The second-order valence-corrected chi connectivity index (χ2v) is 8.71. The number of nitrogens with one attached hydrogen (secondary N) is 1. The lowest BCUT2D eigenvalue weighted by Crippen LogP contribution is -2.47. The zero-order valence-electron chi connectivity index (χ0n) is 16.0. The standard InChI is InChI=1S/C22H29FN2O2/c1-14(20-13-15-2-3-18(20)12-15)24-21(26)16-8-10-25(11-9-16)22(27)17-4-6-19(23)7-5-17/h4-7,14-16,18,20H,2-3,8-13H2,1H3,(H,24,26)/t14-,15-,18-,20+/m0/s1. The smallest absolute Gasteiger partial charge is 0.253 e. The number of amides is 2. The third-order valence-corrected chi connectivity index (χ3v) is 7.05. The molecule has 2 bridgehead atoms. The van der Waals surface area contributed by atoms with Crippen LogP contribution in [-0.2, 0) is 4.79 Å². The van der Waals surface area contributed by atoms with Gasteiger partial charge >= 0.3 is 0 Å². The van der Waals surface area contributed by atoms with Crippen LogP contribution in [0.25, 0.3) is 0 Å². The molecule has 3 fully saturated rings. The summed E-state index contributed by atoms with van der Waals surface area (Å²) in [6.07, 6.45) is 6.73. The van der Waals surface area contributed by atoms with Crippen LogP contribution >= 0.6 is 0 Å². The Morgan fingerprint density at radius 3 is 2.37 bits per heavy atom. The fraction of sp³-hybridized carbons (Fsp3) is 0.636. The normalized spacial score (nSPS) is 29.0. The third kappa shape index (κ3) is 3.87. The van der Waals surface area contributed by atoms with Crippen molar-refractivity contribution in [2.24, 2.45) is 23.7 Å². The molecule has 146 valence electrons.